The molecule has 1 heterocycles. The second kappa shape index (κ2) is 8.59. The third kappa shape index (κ3) is 4.89. The summed E-state index contributed by atoms with van der Waals surface area (Å²) in [6.45, 7) is 3.85. The molecule has 0 saturated carbocycles. The summed E-state index contributed by atoms with van der Waals surface area (Å²) in [4.78, 5) is 28.6. The van der Waals surface area contributed by atoms with Crippen molar-refractivity contribution in [1.82, 2.24) is 10.3 Å². The minimum Gasteiger partial charge on any atom is -0.341 e. The number of hydrogen-bond acceptors (Lipinski definition) is 3. The van der Waals surface area contributed by atoms with Gasteiger partial charge in [0.25, 0.3) is 0 Å². The standard InChI is InChI=1S/C18H20BrN3O2/c1-3-7-14(13-8-5-4-6-9-13)20-17(23)18(24)22-16-12(2)10-11-15(19)21-16/h4-6,8-11,14H,3,7H2,1-2H3,(H,20,23)(H,21,22,24). The van der Waals surface area contributed by atoms with Gasteiger partial charge in [-0.3, -0.25) is 9.59 Å². The average molecular weight is 390 g/mol. The predicted molar refractivity (Wildman–Crippen MR) is 97.5 cm³/mol. The molecular formula is C18H20BrN3O2. The van der Waals surface area contributed by atoms with Crippen LogP contribution in [-0.2, 0) is 9.59 Å². The molecule has 1 aromatic carbocycles. The van der Waals surface area contributed by atoms with E-state index in [4.69, 9.17) is 0 Å². The smallest absolute Gasteiger partial charge is 0.314 e. The first kappa shape index (κ1) is 18.1. The van der Waals surface area contributed by atoms with E-state index in [-0.39, 0.29) is 6.04 Å². The second-order valence-electron chi connectivity index (χ2n) is 5.48. The van der Waals surface area contributed by atoms with Gasteiger partial charge in [-0.25, -0.2) is 4.98 Å². The molecule has 24 heavy (non-hydrogen) atoms. The van der Waals surface area contributed by atoms with E-state index < -0.39 is 11.8 Å². The minimum absolute atomic E-state index is 0.189. The third-order valence-corrected chi connectivity index (χ3v) is 4.03. The van der Waals surface area contributed by atoms with Crippen LogP contribution in [0, 0.1) is 6.92 Å². The number of carbonyl (C=O) groups excluding carboxylic acids is 2. The fourth-order valence-electron chi connectivity index (χ4n) is 2.32. The summed E-state index contributed by atoms with van der Waals surface area (Å²) >= 11 is 3.25. The Morgan fingerprint density at radius 2 is 1.83 bits per heavy atom. The first-order chi connectivity index (χ1) is 11.5. The molecule has 6 heteroatoms. The number of nitrogens with zero attached hydrogens (tertiary/aromatic N) is 1. The number of hydrogen-bond donors (Lipinski definition) is 2. The van der Waals surface area contributed by atoms with Gasteiger partial charge in [0.05, 0.1) is 6.04 Å². The Balaban J connectivity index is 2.06. The number of benzene rings is 1. The van der Waals surface area contributed by atoms with Gasteiger partial charge in [0.1, 0.15) is 10.4 Å². The van der Waals surface area contributed by atoms with Gasteiger partial charge in [0.15, 0.2) is 0 Å². The molecule has 0 radical (unpaired) electrons. The summed E-state index contributed by atoms with van der Waals surface area (Å²) in [7, 11) is 0. The highest BCUT2D eigenvalue weighted by atomic mass is 79.9. The number of pyridine rings is 1. The van der Waals surface area contributed by atoms with Gasteiger partial charge in [-0.05, 0) is 46.5 Å². The maximum Gasteiger partial charge on any atom is 0.314 e. The number of nitrogens with one attached hydrogen (secondary N) is 2. The lowest BCUT2D eigenvalue weighted by atomic mass is 10.0. The number of amides is 2. The van der Waals surface area contributed by atoms with Gasteiger partial charge in [-0.2, -0.15) is 0 Å². The highest BCUT2D eigenvalue weighted by Crippen LogP contribution is 2.19. The van der Waals surface area contributed by atoms with Gasteiger partial charge in [0, 0.05) is 0 Å². The molecule has 0 aliphatic heterocycles. The van der Waals surface area contributed by atoms with Crippen LogP contribution >= 0.6 is 15.9 Å². The second-order valence-corrected chi connectivity index (χ2v) is 6.29. The normalized spacial score (nSPS) is 11.6. The van der Waals surface area contributed by atoms with Crippen molar-refractivity contribution >= 4 is 33.6 Å². The quantitative estimate of drug-likeness (QED) is 0.604. The van der Waals surface area contributed by atoms with Crippen LogP contribution in [0.3, 0.4) is 0 Å². The maximum atomic E-state index is 12.2. The van der Waals surface area contributed by atoms with E-state index >= 15 is 0 Å². The topological polar surface area (TPSA) is 71.1 Å². The van der Waals surface area contributed by atoms with Crippen LogP contribution in [0.5, 0.6) is 0 Å². The summed E-state index contributed by atoms with van der Waals surface area (Å²) in [5.74, 6) is -1.02. The molecule has 2 rings (SSSR count). The van der Waals surface area contributed by atoms with E-state index in [2.05, 4.69) is 31.5 Å². The van der Waals surface area contributed by atoms with Crippen molar-refractivity contribution in [3.8, 4) is 0 Å². The van der Waals surface area contributed by atoms with Gasteiger partial charge >= 0.3 is 11.8 Å². The summed E-state index contributed by atoms with van der Waals surface area (Å²) in [5.41, 5.74) is 1.77. The fourth-order valence-corrected chi connectivity index (χ4v) is 2.63. The first-order valence-corrected chi connectivity index (χ1v) is 8.60. The van der Waals surface area contributed by atoms with Gasteiger partial charge in [-0.1, -0.05) is 49.7 Å². The Labute approximate surface area is 150 Å². The first-order valence-electron chi connectivity index (χ1n) is 7.81. The number of aromatic nitrogens is 1. The van der Waals surface area contributed by atoms with Crippen LogP contribution in [0.1, 0.15) is 36.9 Å². The molecule has 2 N–H and O–H groups in total. The zero-order chi connectivity index (χ0) is 17.5. The summed E-state index contributed by atoms with van der Waals surface area (Å²) in [6, 6.07) is 13.0. The molecule has 1 aromatic heterocycles. The highest BCUT2D eigenvalue weighted by molar-refractivity contribution is 9.10. The Morgan fingerprint density at radius 3 is 2.50 bits per heavy atom. The zero-order valence-corrected chi connectivity index (χ0v) is 15.3. The van der Waals surface area contributed by atoms with Crippen molar-refractivity contribution in [2.75, 3.05) is 5.32 Å². The maximum absolute atomic E-state index is 12.2. The van der Waals surface area contributed by atoms with Crippen LogP contribution in [-0.4, -0.2) is 16.8 Å². The number of anilines is 1. The van der Waals surface area contributed by atoms with Crippen molar-refractivity contribution in [3.05, 3.63) is 58.2 Å². The van der Waals surface area contributed by atoms with Crippen LogP contribution in [0.25, 0.3) is 0 Å². The van der Waals surface area contributed by atoms with Crippen molar-refractivity contribution in [3.63, 3.8) is 0 Å². The van der Waals surface area contributed by atoms with Crippen molar-refractivity contribution in [2.45, 2.75) is 32.7 Å². The molecule has 0 aliphatic rings. The molecule has 0 saturated heterocycles. The lowest BCUT2D eigenvalue weighted by molar-refractivity contribution is -0.136. The molecule has 0 fully saturated rings. The molecule has 1 unspecified atom stereocenters. The van der Waals surface area contributed by atoms with Crippen LogP contribution < -0.4 is 10.6 Å². The van der Waals surface area contributed by atoms with Crippen molar-refractivity contribution in [1.29, 1.82) is 0 Å². The average Bonchev–Trinajstić information content (AvgIpc) is 2.58. The van der Waals surface area contributed by atoms with Crippen molar-refractivity contribution in [2.24, 2.45) is 0 Å². The molecule has 0 bridgehead atoms. The summed E-state index contributed by atoms with van der Waals surface area (Å²) < 4.78 is 0.594. The Hall–Kier alpha value is -2.21. The molecule has 2 aromatic rings. The lowest BCUT2D eigenvalue weighted by Crippen LogP contribution is -2.38. The SMILES string of the molecule is CCCC(NC(=O)C(=O)Nc1nc(Br)ccc1C)c1ccccc1. The van der Waals surface area contributed by atoms with Crippen LogP contribution in [0.2, 0.25) is 0 Å². The molecule has 126 valence electrons. The monoisotopic (exact) mass is 389 g/mol. The predicted octanol–water partition coefficient (Wildman–Crippen LogP) is 3.75. The van der Waals surface area contributed by atoms with E-state index in [1.54, 1.807) is 6.07 Å². The fraction of sp³-hybridized carbons (Fsp3) is 0.278. The Kier molecular flexibility index (Phi) is 6.49. The lowest BCUT2D eigenvalue weighted by Gasteiger charge is -2.18. The highest BCUT2D eigenvalue weighted by Gasteiger charge is 2.20. The van der Waals surface area contributed by atoms with E-state index in [1.165, 1.54) is 0 Å². The molecule has 1 atom stereocenters. The molecule has 0 aliphatic carbocycles. The zero-order valence-electron chi connectivity index (χ0n) is 13.7. The van der Waals surface area contributed by atoms with E-state index in [1.807, 2.05) is 50.2 Å². The van der Waals surface area contributed by atoms with E-state index in [0.717, 1.165) is 24.0 Å². The summed E-state index contributed by atoms with van der Waals surface area (Å²) in [6.07, 6.45) is 1.66. The number of carbonyl (C=O) groups is 2. The summed E-state index contributed by atoms with van der Waals surface area (Å²) in [5, 5.41) is 5.36. The van der Waals surface area contributed by atoms with Gasteiger partial charge in [0.2, 0.25) is 0 Å². The van der Waals surface area contributed by atoms with E-state index in [9.17, 15) is 9.59 Å². The van der Waals surface area contributed by atoms with Gasteiger partial charge in [-0.15, -0.1) is 0 Å². The minimum atomic E-state index is -0.722. The van der Waals surface area contributed by atoms with Gasteiger partial charge < -0.3 is 10.6 Å². The molecule has 2 amide bonds. The number of halogens is 1. The number of aryl methyl sites for hydroxylation is 1. The third-order valence-electron chi connectivity index (χ3n) is 3.59. The number of rotatable bonds is 5. The van der Waals surface area contributed by atoms with Crippen LogP contribution in [0.15, 0.2) is 47.1 Å². The Morgan fingerprint density at radius 1 is 1.12 bits per heavy atom. The van der Waals surface area contributed by atoms with E-state index in [0.29, 0.717) is 10.4 Å². The molecule has 5 nitrogen and oxygen atoms in total. The van der Waals surface area contributed by atoms with Crippen LogP contribution in [0.4, 0.5) is 5.82 Å². The largest absolute Gasteiger partial charge is 0.341 e. The molecular weight excluding hydrogens is 370 g/mol. The van der Waals surface area contributed by atoms with Crippen molar-refractivity contribution < 1.29 is 9.59 Å². The Bertz CT molecular complexity index is 719. The molecule has 0 spiro atoms.